The van der Waals surface area contributed by atoms with Crippen molar-refractivity contribution in [3.8, 4) is 5.75 Å². The van der Waals surface area contributed by atoms with Crippen LogP contribution >= 0.6 is 0 Å². The molecule has 0 aromatic heterocycles. The average molecular weight is 367 g/mol. The van der Waals surface area contributed by atoms with Crippen LogP contribution in [0.15, 0.2) is 53.5 Å². The maximum absolute atomic E-state index is 12.2. The van der Waals surface area contributed by atoms with E-state index in [1.54, 1.807) is 13.3 Å². The zero-order chi connectivity index (χ0) is 19.3. The van der Waals surface area contributed by atoms with E-state index in [2.05, 4.69) is 17.2 Å². The van der Waals surface area contributed by atoms with Crippen LogP contribution in [0.3, 0.4) is 0 Å². The molecule has 0 spiro atoms. The zero-order valence-electron chi connectivity index (χ0n) is 16.4. The highest BCUT2D eigenvalue weighted by Gasteiger charge is 2.04. The average Bonchev–Trinajstić information content (AvgIpc) is 2.72. The minimum absolute atomic E-state index is 0.0192. The highest BCUT2D eigenvalue weighted by Crippen LogP contribution is 2.15. The fourth-order valence-electron chi connectivity index (χ4n) is 2.75. The molecule has 4 heteroatoms. The van der Waals surface area contributed by atoms with E-state index < -0.39 is 0 Å². The molecule has 1 amide bonds. The van der Waals surface area contributed by atoms with Gasteiger partial charge in [0.15, 0.2) is 0 Å². The first-order valence-electron chi connectivity index (χ1n) is 9.79. The molecule has 0 heterocycles. The molecule has 2 rings (SSSR count). The molecule has 4 nitrogen and oxygen atoms in total. The van der Waals surface area contributed by atoms with Crippen LogP contribution in [-0.4, -0.2) is 25.8 Å². The lowest BCUT2D eigenvalue weighted by Crippen LogP contribution is -2.24. The van der Waals surface area contributed by atoms with Gasteiger partial charge in [-0.15, -0.1) is 0 Å². The molecule has 0 aliphatic carbocycles. The maximum atomic E-state index is 12.2. The minimum Gasteiger partial charge on any atom is -0.497 e. The molecule has 0 fully saturated rings. The van der Waals surface area contributed by atoms with Crippen molar-refractivity contribution in [1.82, 2.24) is 5.32 Å². The highest BCUT2D eigenvalue weighted by atomic mass is 16.5. The SMILES string of the molecule is CCCCCCCCNC(=O)c1ccc(N=Cc2ccc(OC)cc2)cc1. The second kappa shape index (κ2) is 11.9. The summed E-state index contributed by atoms with van der Waals surface area (Å²) in [6.45, 7) is 2.96. The predicted molar refractivity (Wildman–Crippen MR) is 112 cm³/mol. The molecular weight excluding hydrogens is 336 g/mol. The Bertz CT molecular complexity index is 706. The lowest BCUT2D eigenvalue weighted by atomic mass is 10.1. The normalized spacial score (nSPS) is 10.9. The summed E-state index contributed by atoms with van der Waals surface area (Å²) in [6, 6.07) is 15.1. The summed E-state index contributed by atoms with van der Waals surface area (Å²) in [5, 5.41) is 2.99. The van der Waals surface area contributed by atoms with Crippen LogP contribution in [0.2, 0.25) is 0 Å². The van der Waals surface area contributed by atoms with Crippen molar-refractivity contribution in [2.45, 2.75) is 45.4 Å². The predicted octanol–water partition coefficient (Wildman–Crippen LogP) is 5.54. The Morgan fingerprint density at radius 2 is 1.63 bits per heavy atom. The second-order valence-electron chi connectivity index (χ2n) is 6.60. The Morgan fingerprint density at radius 3 is 2.30 bits per heavy atom. The van der Waals surface area contributed by atoms with Crippen molar-refractivity contribution >= 4 is 17.8 Å². The van der Waals surface area contributed by atoms with Crippen LogP contribution in [-0.2, 0) is 0 Å². The van der Waals surface area contributed by atoms with Gasteiger partial charge >= 0.3 is 0 Å². The molecule has 27 heavy (non-hydrogen) atoms. The Hall–Kier alpha value is -2.62. The highest BCUT2D eigenvalue weighted by molar-refractivity contribution is 5.94. The number of aliphatic imine (C=N–C) groups is 1. The summed E-state index contributed by atoms with van der Waals surface area (Å²) in [5.41, 5.74) is 2.49. The number of nitrogens with one attached hydrogen (secondary N) is 1. The number of hydrogen-bond donors (Lipinski definition) is 1. The molecule has 2 aromatic rings. The third-order valence-electron chi connectivity index (χ3n) is 4.42. The summed E-state index contributed by atoms with van der Waals surface area (Å²) in [5.74, 6) is 0.803. The van der Waals surface area contributed by atoms with Gasteiger partial charge in [0.05, 0.1) is 12.8 Å². The van der Waals surface area contributed by atoms with Gasteiger partial charge in [-0.25, -0.2) is 0 Å². The Balaban J connectivity index is 1.76. The lowest BCUT2D eigenvalue weighted by molar-refractivity contribution is 0.0953. The zero-order valence-corrected chi connectivity index (χ0v) is 16.4. The van der Waals surface area contributed by atoms with Crippen LogP contribution in [0.4, 0.5) is 5.69 Å². The molecule has 144 valence electrons. The summed E-state index contributed by atoms with van der Waals surface area (Å²) < 4.78 is 5.14. The van der Waals surface area contributed by atoms with Crippen molar-refractivity contribution in [3.63, 3.8) is 0 Å². The summed E-state index contributed by atoms with van der Waals surface area (Å²) >= 11 is 0. The first kappa shape index (κ1) is 20.7. The molecule has 0 saturated heterocycles. The monoisotopic (exact) mass is 366 g/mol. The van der Waals surface area contributed by atoms with Gasteiger partial charge < -0.3 is 10.1 Å². The number of unbranched alkanes of at least 4 members (excludes halogenated alkanes) is 5. The number of rotatable bonds is 11. The van der Waals surface area contributed by atoms with Gasteiger partial charge in [0.25, 0.3) is 5.91 Å². The number of benzene rings is 2. The van der Waals surface area contributed by atoms with Gasteiger partial charge in [0.2, 0.25) is 0 Å². The van der Waals surface area contributed by atoms with Crippen molar-refractivity contribution in [2.75, 3.05) is 13.7 Å². The van der Waals surface area contributed by atoms with Gasteiger partial charge in [-0.1, -0.05) is 39.0 Å². The molecule has 0 saturated carbocycles. The van der Waals surface area contributed by atoms with E-state index in [1.165, 1.54) is 32.1 Å². The van der Waals surface area contributed by atoms with Gasteiger partial charge in [-0.2, -0.15) is 0 Å². The quantitative estimate of drug-likeness (QED) is 0.419. The maximum Gasteiger partial charge on any atom is 0.251 e. The number of carbonyl (C=O) groups is 1. The van der Waals surface area contributed by atoms with E-state index in [0.717, 1.165) is 30.0 Å². The number of ether oxygens (including phenoxy) is 1. The van der Waals surface area contributed by atoms with Crippen LogP contribution < -0.4 is 10.1 Å². The van der Waals surface area contributed by atoms with Crippen LogP contribution in [0.25, 0.3) is 0 Å². The van der Waals surface area contributed by atoms with Crippen molar-refractivity contribution in [1.29, 1.82) is 0 Å². The van der Waals surface area contributed by atoms with Crippen LogP contribution in [0, 0.1) is 0 Å². The van der Waals surface area contributed by atoms with E-state index in [-0.39, 0.29) is 5.91 Å². The Kier molecular flexibility index (Phi) is 9.11. The third-order valence-corrected chi connectivity index (χ3v) is 4.42. The van der Waals surface area contributed by atoms with E-state index in [4.69, 9.17) is 4.74 Å². The van der Waals surface area contributed by atoms with Crippen molar-refractivity contribution < 1.29 is 9.53 Å². The van der Waals surface area contributed by atoms with Gasteiger partial charge in [0.1, 0.15) is 5.75 Å². The number of hydrogen-bond acceptors (Lipinski definition) is 3. The van der Waals surface area contributed by atoms with Crippen LogP contribution in [0.5, 0.6) is 5.75 Å². The Morgan fingerprint density at radius 1 is 0.963 bits per heavy atom. The number of nitrogens with zero attached hydrogens (tertiary/aromatic N) is 1. The lowest BCUT2D eigenvalue weighted by Gasteiger charge is -2.05. The van der Waals surface area contributed by atoms with E-state index in [0.29, 0.717) is 5.56 Å². The number of carbonyl (C=O) groups excluding carboxylic acids is 1. The first-order chi connectivity index (χ1) is 13.2. The van der Waals surface area contributed by atoms with E-state index in [9.17, 15) is 4.79 Å². The minimum atomic E-state index is -0.0192. The van der Waals surface area contributed by atoms with E-state index in [1.807, 2.05) is 48.5 Å². The van der Waals surface area contributed by atoms with Crippen molar-refractivity contribution in [2.24, 2.45) is 4.99 Å². The fraction of sp³-hybridized carbons (Fsp3) is 0.391. The largest absolute Gasteiger partial charge is 0.497 e. The Labute approximate surface area is 162 Å². The first-order valence-corrected chi connectivity index (χ1v) is 9.79. The molecular formula is C23H30N2O2. The topological polar surface area (TPSA) is 50.7 Å². The van der Waals surface area contributed by atoms with E-state index >= 15 is 0 Å². The standard InChI is InChI=1S/C23H30N2O2/c1-3-4-5-6-7-8-17-24-23(26)20-11-13-21(14-12-20)25-18-19-9-15-22(27-2)16-10-19/h9-16,18H,3-8,17H2,1-2H3,(H,24,26). The van der Waals surface area contributed by atoms with Gasteiger partial charge in [0, 0.05) is 18.3 Å². The van der Waals surface area contributed by atoms with Gasteiger partial charge in [-0.05, 0) is 60.5 Å². The third kappa shape index (κ3) is 7.65. The molecule has 2 aromatic carbocycles. The fourth-order valence-corrected chi connectivity index (χ4v) is 2.75. The summed E-state index contributed by atoms with van der Waals surface area (Å²) in [7, 11) is 1.65. The number of methoxy groups -OCH3 is 1. The molecule has 0 aliphatic heterocycles. The molecule has 0 unspecified atom stereocenters. The van der Waals surface area contributed by atoms with Gasteiger partial charge in [-0.3, -0.25) is 9.79 Å². The molecule has 1 N–H and O–H groups in total. The smallest absolute Gasteiger partial charge is 0.251 e. The molecule has 0 atom stereocenters. The number of amides is 1. The molecule has 0 radical (unpaired) electrons. The summed E-state index contributed by atoms with van der Waals surface area (Å²) in [6.07, 6.45) is 9.14. The summed E-state index contributed by atoms with van der Waals surface area (Å²) in [4.78, 5) is 16.6. The molecule has 0 bridgehead atoms. The second-order valence-corrected chi connectivity index (χ2v) is 6.60. The van der Waals surface area contributed by atoms with Crippen molar-refractivity contribution in [3.05, 3.63) is 59.7 Å². The molecule has 0 aliphatic rings. The van der Waals surface area contributed by atoms with Crippen LogP contribution in [0.1, 0.15) is 61.4 Å².